The lowest BCUT2D eigenvalue weighted by atomic mass is 9.89. The summed E-state index contributed by atoms with van der Waals surface area (Å²) in [7, 11) is 0. The third kappa shape index (κ3) is 1.72. The van der Waals surface area contributed by atoms with Gasteiger partial charge in [-0.05, 0) is 38.9 Å². The first-order chi connectivity index (χ1) is 7.56. The van der Waals surface area contributed by atoms with E-state index in [9.17, 15) is 0 Å². The molecule has 2 rings (SSSR count). The van der Waals surface area contributed by atoms with Crippen molar-refractivity contribution in [2.45, 2.75) is 52.4 Å². The van der Waals surface area contributed by atoms with Crippen LogP contribution < -0.4 is 0 Å². The van der Waals surface area contributed by atoms with Gasteiger partial charge in [-0.15, -0.1) is 0 Å². The maximum Gasteiger partial charge on any atom is 0.195 e. The normalized spacial score (nSPS) is 34.5. The minimum Gasteiger partial charge on any atom is -0.374 e. The molecule has 4 nitrogen and oxygen atoms in total. The maximum atomic E-state index is 5.85. The molecule has 1 N–H and O–H groups in total. The second-order valence-corrected chi connectivity index (χ2v) is 4.95. The fraction of sp³-hybridized carbons (Fsp3) is 0.818. The molecular formula is C11H19N3OS. The molecule has 0 radical (unpaired) electrons. The smallest absolute Gasteiger partial charge is 0.195 e. The zero-order valence-corrected chi connectivity index (χ0v) is 11.0. The molecular weight excluding hydrogens is 222 g/mol. The number of nitrogens with zero attached hydrogens (tertiary/aromatic N) is 2. The summed E-state index contributed by atoms with van der Waals surface area (Å²) in [6.07, 6.45) is 0.496. The van der Waals surface area contributed by atoms with Gasteiger partial charge in [-0.2, -0.15) is 5.10 Å². The highest BCUT2D eigenvalue weighted by molar-refractivity contribution is 7.71. The molecule has 90 valence electrons. The Hall–Kier alpha value is -0.680. The lowest BCUT2D eigenvalue weighted by molar-refractivity contribution is 0.0551. The van der Waals surface area contributed by atoms with Crippen LogP contribution in [0.3, 0.4) is 0 Å². The predicted octanol–water partition coefficient (Wildman–Crippen LogP) is 2.49. The van der Waals surface area contributed by atoms with Gasteiger partial charge >= 0.3 is 0 Å². The van der Waals surface area contributed by atoms with E-state index in [0.29, 0.717) is 16.6 Å². The molecule has 16 heavy (non-hydrogen) atoms. The Balaban J connectivity index is 2.40. The molecule has 0 spiro atoms. The van der Waals surface area contributed by atoms with Gasteiger partial charge in [0.2, 0.25) is 0 Å². The Morgan fingerprint density at radius 1 is 1.38 bits per heavy atom. The Morgan fingerprint density at radius 2 is 2.06 bits per heavy atom. The van der Waals surface area contributed by atoms with Gasteiger partial charge in [0.1, 0.15) is 5.82 Å². The quantitative estimate of drug-likeness (QED) is 0.809. The molecule has 1 aromatic rings. The molecule has 1 fully saturated rings. The van der Waals surface area contributed by atoms with Gasteiger partial charge in [-0.1, -0.05) is 6.92 Å². The fourth-order valence-corrected chi connectivity index (χ4v) is 2.87. The third-order valence-corrected chi connectivity index (χ3v) is 3.96. The number of hydrogen-bond acceptors (Lipinski definition) is 3. The highest BCUT2D eigenvalue weighted by atomic mass is 32.1. The van der Waals surface area contributed by atoms with Crippen LogP contribution in [0.5, 0.6) is 0 Å². The molecule has 0 amide bonds. The Labute approximate surface area is 101 Å². The topological polar surface area (TPSA) is 42.8 Å². The second kappa shape index (κ2) is 4.30. The van der Waals surface area contributed by atoms with Gasteiger partial charge in [-0.3, -0.25) is 5.10 Å². The predicted molar refractivity (Wildman–Crippen MR) is 65.0 cm³/mol. The minimum absolute atomic E-state index is 0.209. The first-order valence-corrected chi connectivity index (χ1v) is 6.27. The lowest BCUT2D eigenvalue weighted by Crippen LogP contribution is -2.19. The van der Waals surface area contributed by atoms with Crippen LogP contribution in [-0.4, -0.2) is 27.0 Å². The number of ether oxygens (including phenoxy) is 1. The number of nitrogens with one attached hydrogen (secondary N) is 1. The molecule has 4 unspecified atom stereocenters. The average molecular weight is 241 g/mol. The standard InChI is InChI=1S/C11H19N3OS/c1-5-14-10(12-13-11(14)16)9-6(2)7(3)15-8(9)4/h6-9H,5H2,1-4H3,(H,13,16). The van der Waals surface area contributed by atoms with E-state index in [4.69, 9.17) is 17.0 Å². The fourth-order valence-electron chi connectivity index (χ4n) is 2.60. The van der Waals surface area contributed by atoms with Crippen LogP contribution >= 0.6 is 12.2 Å². The summed E-state index contributed by atoms with van der Waals surface area (Å²) in [6.45, 7) is 9.40. The molecule has 0 saturated carbocycles. The summed E-state index contributed by atoms with van der Waals surface area (Å²) in [5.74, 6) is 1.85. The van der Waals surface area contributed by atoms with Crippen molar-refractivity contribution in [2.24, 2.45) is 5.92 Å². The average Bonchev–Trinajstić information content (AvgIpc) is 2.70. The second-order valence-electron chi connectivity index (χ2n) is 4.56. The molecule has 1 aliphatic rings. The molecule has 4 atom stereocenters. The van der Waals surface area contributed by atoms with Crippen molar-refractivity contribution in [3.63, 3.8) is 0 Å². The molecule has 0 bridgehead atoms. The summed E-state index contributed by atoms with van der Waals surface area (Å²) in [6, 6.07) is 0. The van der Waals surface area contributed by atoms with E-state index in [1.165, 1.54) is 0 Å². The van der Waals surface area contributed by atoms with Crippen molar-refractivity contribution >= 4 is 12.2 Å². The molecule has 0 aliphatic carbocycles. The monoisotopic (exact) mass is 241 g/mol. The summed E-state index contributed by atoms with van der Waals surface area (Å²) in [4.78, 5) is 0. The number of rotatable bonds is 2. The molecule has 0 aromatic carbocycles. The van der Waals surface area contributed by atoms with E-state index >= 15 is 0 Å². The summed E-state index contributed by atoms with van der Waals surface area (Å²) in [5, 5.41) is 7.25. The van der Waals surface area contributed by atoms with E-state index < -0.39 is 0 Å². The van der Waals surface area contributed by atoms with Gasteiger partial charge in [0, 0.05) is 6.54 Å². The Morgan fingerprint density at radius 3 is 2.56 bits per heavy atom. The molecule has 1 aromatic heterocycles. The maximum absolute atomic E-state index is 5.85. The lowest BCUT2D eigenvalue weighted by Gasteiger charge is -2.18. The van der Waals surface area contributed by atoms with Crippen molar-refractivity contribution in [1.82, 2.24) is 14.8 Å². The van der Waals surface area contributed by atoms with Gasteiger partial charge in [0.25, 0.3) is 0 Å². The highest BCUT2D eigenvalue weighted by Crippen LogP contribution is 2.38. The highest BCUT2D eigenvalue weighted by Gasteiger charge is 2.40. The SMILES string of the molecule is CCn1c(C2C(C)OC(C)C2C)n[nH]c1=S. The van der Waals surface area contributed by atoms with Crippen LogP contribution in [0.25, 0.3) is 0 Å². The van der Waals surface area contributed by atoms with E-state index in [2.05, 4.69) is 42.5 Å². The van der Waals surface area contributed by atoms with Gasteiger partial charge < -0.3 is 9.30 Å². The zero-order valence-electron chi connectivity index (χ0n) is 10.2. The van der Waals surface area contributed by atoms with Crippen LogP contribution in [0, 0.1) is 10.7 Å². The first kappa shape index (κ1) is 11.8. The molecule has 2 heterocycles. The zero-order chi connectivity index (χ0) is 11.9. The van der Waals surface area contributed by atoms with E-state index in [-0.39, 0.29) is 12.2 Å². The number of aromatic nitrogens is 3. The van der Waals surface area contributed by atoms with Crippen LogP contribution in [0.2, 0.25) is 0 Å². The summed E-state index contributed by atoms with van der Waals surface area (Å²) < 4.78 is 8.62. The van der Waals surface area contributed by atoms with Crippen LogP contribution in [0.4, 0.5) is 0 Å². The molecule has 1 saturated heterocycles. The van der Waals surface area contributed by atoms with Gasteiger partial charge in [0.15, 0.2) is 4.77 Å². The largest absolute Gasteiger partial charge is 0.374 e. The van der Waals surface area contributed by atoms with Crippen LogP contribution in [-0.2, 0) is 11.3 Å². The van der Waals surface area contributed by atoms with Crippen molar-refractivity contribution in [2.75, 3.05) is 0 Å². The molecule has 1 aliphatic heterocycles. The van der Waals surface area contributed by atoms with Crippen molar-refractivity contribution in [3.8, 4) is 0 Å². The van der Waals surface area contributed by atoms with Crippen molar-refractivity contribution in [1.29, 1.82) is 0 Å². The Bertz CT molecular complexity index is 425. The van der Waals surface area contributed by atoms with Crippen LogP contribution in [0.15, 0.2) is 0 Å². The first-order valence-electron chi connectivity index (χ1n) is 5.86. The summed E-state index contributed by atoms with van der Waals surface area (Å²) in [5.41, 5.74) is 0. The number of hydrogen-bond donors (Lipinski definition) is 1. The van der Waals surface area contributed by atoms with Crippen LogP contribution in [0.1, 0.15) is 39.4 Å². The van der Waals surface area contributed by atoms with E-state index in [1.807, 2.05) is 0 Å². The van der Waals surface area contributed by atoms with Crippen molar-refractivity contribution < 1.29 is 4.74 Å². The Kier molecular flexibility index (Phi) is 3.17. The van der Waals surface area contributed by atoms with E-state index in [0.717, 1.165) is 12.4 Å². The van der Waals surface area contributed by atoms with Gasteiger partial charge in [-0.25, -0.2) is 0 Å². The number of aromatic amines is 1. The third-order valence-electron chi connectivity index (χ3n) is 3.64. The van der Waals surface area contributed by atoms with E-state index in [1.54, 1.807) is 0 Å². The minimum atomic E-state index is 0.209. The summed E-state index contributed by atoms with van der Waals surface area (Å²) >= 11 is 5.22. The van der Waals surface area contributed by atoms with Crippen molar-refractivity contribution in [3.05, 3.63) is 10.6 Å². The molecule has 5 heteroatoms. The van der Waals surface area contributed by atoms with Gasteiger partial charge in [0.05, 0.1) is 18.1 Å². The number of H-pyrrole nitrogens is 1.